The Bertz CT molecular complexity index is 729. The lowest BCUT2D eigenvalue weighted by atomic mass is 9.80. The molecule has 5 nitrogen and oxygen atoms in total. The third kappa shape index (κ3) is 2.45. The van der Waals surface area contributed by atoms with Gasteiger partial charge in [-0.2, -0.15) is 0 Å². The van der Waals surface area contributed by atoms with Gasteiger partial charge >= 0.3 is 5.97 Å². The minimum Gasteiger partial charge on any atom is -0.469 e. The highest BCUT2D eigenvalue weighted by molar-refractivity contribution is 6.14. The standard InChI is InChI=1S/C17H14O5/c1-10(18)9-12(13-7-4-8-21-13)15-16(19)11-5-2-3-6-14(11)22-17(15)20/h2-8,12,15H,9H2,1H3. The Hall–Kier alpha value is -2.69. The number of esters is 1. The molecule has 0 radical (unpaired) electrons. The van der Waals surface area contributed by atoms with Gasteiger partial charge < -0.3 is 13.9 Å². The number of Topliss-reactive ketones (excluding diaryl/α,β-unsaturated/α-hetero) is 2. The van der Waals surface area contributed by atoms with E-state index in [1.807, 2.05) is 0 Å². The van der Waals surface area contributed by atoms with Crippen LogP contribution in [0.4, 0.5) is 0 Å². The molecule has 22 heavy (non-hydrogen) atoms. The summed E-state index contributed by atoms with van der Waals surface area (Å²) in [6.07, 6.45) is 1.50. The first-order chi connectivity index (χ1) is 10.6. The van der Waals surface area contributed by atoms with Crippen LogP contribution < -0.4 is 4.74 Å². The van der Waals surface area contributed by atoms with Crippen molar-refractivity contribution in [3.8, 4) is 5.75 Å². The molecule has 1 aliphatic heterocycles. The molecule has 3 rings (SSSR count). The zero-order valence-electron chi connectivity index (χ0n) is 11.9. The summed E-state index contributed by atoms with van der Waals surface area (Å²) in [6, 6.07) is 9.92. The molecule has 2 unspecified atom stereocenters. The predicted molar refractivity (Wildman–Crippen MR) is 76.6 cm³/mol. The Balaban J connectivity index is 2.03. The molecule has 112 valence electrons. The number of ether oxygens (including phenoxy) is 1. The number of hydrogen-bond acceptors (Lipinski definition) is 5. The summed E-state index contributed by atoms with van der Waals surface area (Å²) in [5.74, 6) is -2.13. The van der Waals surface area contributed by atoms with E-state index in [1.165, 1.54) is 13.2 Å². The van der Waals surface area contributed by atoms with Crippen LogP contribution in [0.5, 0.6) is 5.75 Å². The maximum absolute atomic E-state index is 12.7. The van der Waals surface area contributed by atoms with Gasteiger partial charge in [0, 0.05) is 12.3 Å². The lowest BCUT2D eigenvalue weighted by molar-refractivity contribution is -0.139. The van der Waals surface area contributed by atoms with Crippen LogP contribution in [0.25, 0.3) is 0 Å². The number of para-hydroxylation sites is 1. The highest BCUT2D eigenvalue weighted by Gasteiger charge is 2.43. The molecule has 0 amide bonds. The van der Waals surface area contributed by atoms with Gasteiger partial charge in [0.1, 0.15) is 23.2 Å². The van der Waals surface area contributed by atoms with E-state index in [0.717, 1.165) is 0 Å². The lowest BCUT2D eigenvalue weighted by Gasteiger charge is -2.27. The molecule has 0 spiro atoms. The van der Waals surface area contributed by atoms with E-state index in [4.69, 9.17) is 9.15 Å². The molecule has 1 aromatic carbocycles. The smallest absolute Gasteiger partial charge is 0.323 e. The topological polar surface area (TPSA) is 73.6 Å². The van der Waals surface area contributed by atoms with Gasteiger partial charge in [-0.25, -0.2) is 0 Å². The summed E-state index contributed by atoms with van der Waals surface area (Å²) >= 11 is 0. The zero-order valence-corrected chi connectivity index (χ0v) is 11.9. The number of ketones is 2. The lowest BCUT2D eigenvalue weighted by Crippen LogP contribution is -2.38. The summed E-state index contributed by atoms with van der Waals surface area (Å²) in [5.41, 5.74) is 0.354. The highest BCUT2D eigenvalue weighted by atomic mass is 16.5. The monoisotopic (exact) mass is 298 g/mol. The van der Waals surface area contributed by atoms with Crippen molar-refractivity contribution < 1.29 is 23.5 Å². The Morgan fingerprint density at radius 2 is 1.95 bits per heavy atom. The SMILES string of the molecule is CC(=O)CC(c1ccco1)C1C(=O)Oc2ccccc2C1=O. The second-order valence-electron chi connectivity index (χ2n) is 5.29. The maximum atomic E-state index is 12.7. The van der Waals surface area contributed by atoms with Crippen molar-refractivity contribution in [3.05, 3.63) is 54.0 Å². The van der Waals surface area contributed by atoms with Crippen molar-refractivity contribution in [1.29, 1.82) is 0 Å². The van der Waals surface area contributed by atoms with Gasteiger partial charge in [0.25, 0.3) is 0 Å². The van der Waals surface area contributed by atoms with Crippen LogP contribution in [0.3, 0.4) is 0 Å². The molecule has 0 N–H and O–H groups in total. The first-order valence-corrected chi connectivity index (χ1v) is 6.95. The van der Waals surface area contributed by atoms with Gasteiger partial charge in [-0.15, -0.1) is 0 Å². The number of fused-ring (bicyclic) bond motifs is 1. The fraction of sp³-hybridized carbons (Fsp3) is 0.235. The number of furan rings is 1. The van der Waals surface area contributed by atoms with Crippen molar-refractivity contribution in [1.82, 2.24) is 0 Å². The van der Waals surface area contributed by atoms with E-state index in [1.54, 1.807) is 36.4 Å². The van der Waals surface area contributed by atoms with Crippen LogP contribution in [0.2, 0.25) is 0 Å². The molecule has 2 aromatic rings. The van der Waals surface area contributed by atoms with Crippen molar-refractivity contribution >= 4 is 17.5 Å². The normalized spacial score (nSPS) is 18.5. The second kappa shape index (κ2) is 5.60. The summed E-state index contributed by atoms with van der Waals surface area (Å²) in [4.78, 5) is 36.5. The number of carbonyl (C=O) groups excluding carboxylic acids is 3. The Morgan fingerprint density at radius 1 is 1.18 bits per heavy atom. The predicted octanol–water partition coefficient (Wildman–Crippen LogP) is 2.76. The minimum absolute atomic E-state index is 0.0428. The molecule has 1 aliphatic rings. The third-order valence-electron chi connectivity index (χ3n) is 3.72. The Kier molecular flexibility index (Phi) is 3.63. The van der Waals surface area contributed by atoms with Gasteiger partial charge in [-0.3, -0.25) is 9.59 Å². The van der Waals surface area contributed by atoms with E-state index in [-0.39, 0.29) is 23.7 Å². The molecular formula is C17H14O5. The third-order valence-corrected chi connectivity index (χ3v) is 3.72. The van der Waals surface area contributed by atoms with Crippen LogP contribution >= 0.6 is 0 Å². The summed E-state index contributed by atoms with van der Waals surface area (Å²) in [7, 11) is 0. The van der Waals surface area contributed by atoms with Crippen LogP contribution in [-0.2, 0) is 9.59 Å². The van der Waals surface area contributed by atoms with Crippen molar-refractivity contribution in [2.75, 3.05) is 0 Å². The fourth-order valence-corrected chi connectivity index (χ4v) is 2.75. The molecule has 0 aliphatic carbocycles. The molecule has 2 atom stereocenters. The van der Waals surface area contributed by atoms with Crippen molar-refractivity contribution in [3.63, 3.8) is 0 Å². The molecule has 2 heterocycles. The minimum atomic E-state index is -1.06. The van der Waals surface area contributed by atoms with Crippen molar-refractivity contribution in [2.45, 2.75) is 19.3 Å². The van der Waals surface area contributed by atoms with Crippen LogP contribution in [0, 0.1) is 5.92 Å². The fourth-order valence-electron chi connectivity index (χ4n) is 2.75. The quantitative estimate of drug-likeness (QED) is 0.493. The Labute approximate surface area is 126 Å². The summed E-state index contributed by atoms with van der Waals surface area (Å²) in [6.45, 7) is 1.42. The average molecular weight is 298 g/mol. The zero-order chi connectivity index (χ0) is 15.7. The van der Waals surface area contributed by atoms with Gasteiger partial charge in [-0.1, -0.05) is 12.1 Å². The van der Waals surface area contributed by atoms with E-state index < -0.39 is 17.8 Å². The summed E-state index contributed by atoms with van der Waals surface area (Å²) in [5, 5.41) is 0. The molecule has 1 aromatic heterocycles. The van der Waals surface area contributed by atoms with E-state index in [2.05, 4.69) is 0 Å². The van der Waals surface area contributed by atoms with Gasteiger partial charge in [0.2, 0.25) is 0 Å². The number of rotatable bonds is 4. The largest absolute Gasteiger partial charge is 0.469 e. The second-order valence-corrected chi connectivity index (χ2v) is 5.29. The molecular weight excluding hydrogens is 284 g/mol. The van der Waals surface area contributed by atoms with Gasteiger partial charge in [-0.05, 0) is 31.2 Å². The van der Waals surface area contributed by atoms with Crippen LogP contribution in [-0.4, -0.2) is 17.5 Å². The number of carbonyl (C=O) groups is 3. The number of benzene rings is 1. The van der Waals surface area contributed by atoms with E-state index >= 15 is 0 Å². The molecule has 5 heteroatoms. The summed E-state index contributed by atoms with van der Waals surface area (Å²) < 4.78 is 10.6. The average Bonchev–Trinajstić information content (AvgIpc) is 3.00. The number of hydrogen-bond donors (Lipinski definition) is 0. The maximum Gasteiger partial charge on any atom is 0.323 e. The van der Waals surface area contributed by atoms with Crippen molar-refractivity contribution in [2.24, 2.45) is 5.92 Å². The van der Waals surface area contributed by atoms with Gasteiger partial charge in [0.05, 0.1) is 11.8 Å². The van der Waals surface area contributed by atoms with Crippen LogP contribution in [0.15, 0.2) is 47.1 Å². The highest BCUT2D eigenvalue weighted by Crippen LogP contribution is 2.37. The first-order valence-electron chi connectivity index (χ1n) is 6.95. The van der Waals surface area contributed by atoms with E-state index in [9.17, 15) is 14.4 Å². The van der Waals surface area contributed by atoms with Crippen LogP contribution in [0.1, 0.15) is 35.4 Å². The molecule has 0 saturated heterocycles. The van der Waals surface area contributed by atoms with E-state index in [0.29, 0.717) is 11.3 Å². The molecule has 0 saturated carbocycles. The first kappa shape index (κ1) is 14.3. The molecule has 0 fully saturated rings. The van der Waals surface area contributed by atoms with Gasteiger partial charge in [0.15, 0.2) is 5.78 Å². The Morgan fingerprint density at radius 3 is 2.64 bits per heavy atom. The molecule has 0 bridgehead atoms.